The minimum absolute atomic E-state index is 0.0533. The number of hydrogen-bond acceptors (Lipinski definition) is 2. The first-order valence-corrected chi connectivity index (χ1v) is 8.09. The summed E-state index contributed by atoms with van der Waals surface area (Å²) in [6, 6.07) is 8.63. The van der Waals surface area contributed by atoms with E-state index < -0.39 is 29.0 Å². The second kappa shape index (κ2) is 8.71. The van der Waals surface area contributed by atoms with Gasteiger partial charge in [-0.25, -0.2) is 13.2 Å². The molecule has 0 saturated carbocycles. The largest absolute Gasteiger partial charge is 0.338 e. The Morgan fingerprint density at radius 3 is 2.42 bits per heavy atom. The van der Waals surface area contributed by atoms with Gasteiger partial charge in [-0.05, 0) is 23.8 Å². The number of nitrogens with one attached hydrogen (secondary N) is 1. The van der Waals surface area contributed by atoms with Crippen LogP contribution < -0.4 is 5.32 Å². The Balaban J connectivity index is 1.99. The molecule has 0 bridgehead atoms. The van der Waals surface area contributed by atoms with Crippen molar-refractivity contribution in [2.75, 3.05) is 11.9 Å². The minimum Gasteiger partial charge on any atom is -0.338 e. The quantitative estimate of drug-likeness (QED) is 0.761. The summed E-state index contributed by atoms with van der Waals surface area (Å²) in [7, 11) is 0. The van der Waals surface area contributed by atoms with Gasteiger partial charge in [0.05, 0.1) is 5.69 Å². The molecule has 2 rings (SSSR count). The molecule has 0 radical (unpaired) electrons. The van der Waals surface area contributed by atoms with E-state index in [9.17, 15) is 22.8 Å². The molecule has 0 saturated heterocycles. The van der Waals surface area contributed by atoms with E-state index in [1.807, 2.05) is 0 Å². The predicted molar refractivity (Wildman–Crippen MR) is 92.1 cm³/mol. The number of hydrogen-bond donors (Lipinski definition) is 1. The molecule has 4 nitrogen and oxygen atoms in total. The highest BCUT2D eigenvalue weighted by Gasteiger charge is 2.17. The molecular formula is C18H16ClF3N2O2. The van der Waals surface area contributed by atoms with Crippen LogP contribution >= 0.6 is 11.6 Å². The lowest BCUT2D eigenvalue weighted by Gasteiger charge is -2.21. The molecular weight excluding hydrogens is 369 g/mol. The van der Waals surface area contributed by atoms with Gasteiger partial charge in [-0.2, -0.15) is 0 Å². The molecule has 0 unspecified atom stereocenters. The third kappa shape index (κ3) is 4.98. The Hall–Kier alpha value is -2.54. The van der Waals surface area contributed by atoms with Crippen molar-refractivity contribution in [3.8, 4) is 0 Å². The van der Waals surface area contributed by atoms with Crippen molar-refractivity contribution in [1.82, 2.24) is 4.90 Å². The van der Waals surface area contributed by atoms with E-state index in [1.165, 1.54) is 11.8 Å². The van der Waals surface area contributed by atoms with Crippen LogP contribution in [0.1, 0.15) is 18.9 Å². The second-order valence-electron chi connectivity index (χ2n) is 5.55. The van der Waals surface area contributed by atoms with Crippen LogP contribution in [0.2, 0.25) is 5.02 Å². The van der Waals surface area contributed by atoms with Crippen molar-refractivity contribution in [3.05, 3.63) is 64.4 Å². The fraction of sp³-hybridized carbons (Fsp3) is 0.222. The molecule has 0 spiro atoms. The third-order valence-corrected chi connectivity index (χ3v) is 4.05. The Morgan fingerprint density at radius 1 is 1.08 bits per heavy atom. The van der Waals surface area contributed by atoms with Crippen LogP contribution in [0.3, 0.4) is 0 Å². The van der Waals surface area contributed by atoms with Crippen molar-refractivity contribution in [3.63, 3.8) is 0 Å². The number of halogens is 4. The normalized spacial score (nSPS) is 10.5. The van der Waals surface area contributed by atoms with Gasteiger partial charge in [0, 0.05) is 31.5 Å². The summed E-state index contributed by atoms with van der Waals surface area (Å²) in [4.78, 5) is 25.1. The first kappa shape index (κ1) is 19.8. The Labute approximate surface area is 153 Å². The molecule has 2 aromatic rings. The lowest BCUT2D eigenvalue weighted by molar-refractivity contribution is -0.129. The molecule has 26 heavy (non-hydrogen) atoms. The van der Waals surface area contributed by atoms with Crippen LogP contribution in [0.5, 0.6) is 0 Å². The monoisotopic (exact) mass is 384 g/mol. The maximum absolute atomic E-state index is 13.6. The fourth-order valence-electron chi connectivity index (χ4n) is 2.25. The highest BCUT2D eigenvalue weighted by molar-refractivity contribution is 6.31. The van der Waals surface area contributed by atoms with Gasteiger partial charge in [0.1, 0.15) is 0 Å². The average molecular weight is 385 g/mol. The lowest BCUT2D eigenvalue weighted by atomic mass is 10.2. The molecule has 0 aliphatic carbocycles. The van der Waals surface area contributed by atoms with Gasteiger partial charge < -0.3 is 10.2 Å². The molecule has 0 fully saturated rings. The molecule has 0 heterocycles. The van der Waals surface area contributed by atoms with E-state index in [-0.39, 0.29) is 25.4 Å². The molecule has 0 atom stereocenters. The van der Waals surface area contributed by atoms with Crippen LogP contribution in [0, 0.1) is 17.5 Å². The summed E-state index contributed by atoms with van der Waals surface area (Å²) >= 11 is 6.06. The highest BCUT2D eigenvalue weighted by atomic mass is 35.5. The van der Waals surface area contributed by atoms with E-state index in [4.69, 9.17) is 11.6 Å². The maximum Gasteiger partial charge on any atom is 0.226 e. The van der Waals surface area contributed by atoms with E-state index in [1.54, 1.807) is 24.3 Å². The lowest BCUT2D eigenvalue weighted by Crippen LogP contribution is -2.31. The third-order valence-electron chi connectivity index (χ3n) is 3.68. The molecule has 2 amide bonds. The van der Waals surface area contributed by atoms with Gasteiger partial charge in [0.15, 0.2) is 17.5 Å². The van der Waals surface area contributed by atoms with Gasteiger partial charge in [0.2, 0.25) is 11.8 Å². The van der Waals surface area contributed by atoms with Gasteiger partial charge in [-0.15, -0.1) is 0 Å². The molecule has 138 valence electrons. The zero-order valence-corrected chi connectivity index (χ0v) is 14.6. The van der Waals surface area contributed by atoms with Crippen molar-refractivity contribution in [2.45, 2.75) is 19.9 Å². The molecule has 0 aliphatic rings. The number of benzene rings is 2. The van der Waals surface area contributed by atoms with Crippen LogP contribution in [0.15, 0.2) is 36.4 Å². The first-order chi connectivity index (χ1) is 12.3. The van der Waals surface area contributed by atoms with E-state index in [2.05, 4.69) is 5.32 Å². The van der Waals surface area contributed by atoms with Crippen molar-refractivity contribution < 1.29 is 22.8 Å². The summed E-state index contributed by atoms with van der Waals surface area (Å²) in [6.45, 7) is 1.61. The fourth-order valence-corrected chi connectivity index (χ4v) is 2.45. The number of amides is 2. The van der Waals surface area contributed by atoms with E-state index >= 15 is 0 Å². The summed E-state index contributed by atoms with van der Waals surface area (Å²) < 4.78 is 39.6. The molecule has 1 N–H and O–H groups in total. The molecule has 0 aromatic heterocycles. The van der Waals surface area contributed by atoms with Gasteiger partial charge in [-0.3, -0.25) is 9.59 Å². The summed E-state index contributed by atoms with van der Waals surface area (Å²) in [5.74, 6) is -5.38. The van der Waals surface area contributed by atoms with E-state index in [0.717, 1.165) is 11.6 Å². The maximum atomic E-state index is 13.6. The highest BCUT2D eigenvalue weighted by Crippen LogP contribution is 2.20. The summed E-state index contributed by atoms with van der Waals surface area (Å²) in [5.41, 5.74) is 0.255. The van der Waals surface area contributed by atoms with Gasteiger partial charge in [0.25, 0.3) is 0 Å². The van der Waals surface area contributed by atoms with Crippen LogP contribution in [0.25, 0.3) is 0 Å². The second-order valence-corrected chi connectivity index (χ2v) is 5.96. The van der Waals surface area contributed by atoms with Gasteiger partial charge >= 0.3 is 0 Å². The number of nitrogens with zero attached hydrogens (tertiary/aromatic N) is 1. The smallest absolute Gasteiger partial charge is 0.226 e. The Bertz CT molecular complexity index is 830. The predicted octanol–water partition coefficient (Wildman–Crippen LogP) is 4.13. The zero-order chi connectivity index (χ0) is 19.3. The standard InChI is InChI=1S/C18H16ClF3N2O2/c1-11(25)24(10-12-4-2-3-5-13(12)19)9-8-16(26)23-15-7-6-14(20)17(21)18(15)22/h2-7H,8-10H2,1H3,(H,23,26). The average Bonchev–Trinajstić information content (AvgIpc) is 2.60. The van der Waals surface area contributed by atoms with Crippen LogP contribution in [-0.2, 0) is 16.1 Å². The van der Waals surface area contributed by atoms with Crippen molar-refractivity contribution in [2.24, 2.45) is 0 Å². The summed E-state index contributed by atoms with van der Waals surface area (Å²) in [6.07, 6.45) is -0.150. The molecule has 2 aromatic carbocycles. The van der Waals surface area contributed by atoms with Crippen LogP contribution in [0.4, 0.5) is 18.9 Å². The van der Waals surface area contributed by atoms with Crippen molar-refractivity contribution in [1.29, 1.82) is 0 Å². The topological polar surface area (TPSA) is 49.4 Å². The molecule has 0 aliphatic heterocycles. The minimum atomic E-state index is -1.66. The zero-order valence-electron chi connectivity index (χ0n) is 13.9. The number of rotatable bonds is 6. The Kier molecular flexibility index (Phi) is 6.63. The number of anilines is 1. The molecule has 8 heteroatoms. The number of carbonyl (C=O) groups is 2. The van der Waals surface area contributed by atoms with Crippen molar-refractivity contribution >= 4 is 29.1 Å². The number of carbonyl (C=O) groups excluding carboxylic acids is 2. The SMILES string of the molecule is CC(=O)N(CCC(=O)Nc1ccc(F)c(F)c1F)Cc1ccccc1Cl. The summed E-state index contributed by atoms with van der Waals surface area (Å²) in [5, 5.41) is 2.66. The first-order valence-electron chi connectivity index (χ1n) is 7.72. The van der Waals surface area contributed by atoms with E-state index in [0.29, 0.717) is 11.1 Å². The van der Waals surface area contributed by atoms with Gasteiger partial charge in [-0.1, -0.05) is 29.8 Å². The Morgan fingerprint density at radius 2 is 1.77 bits per heavy atom. The van der Waals surface area contributed by atoms with Crippen LogP contribution in [-0.4, -0.2) is 23.3 Å².